The van der Waals surface area contributed by atoms with Gasteiger partial charge in [0.15, 0.2) is 0 Å². The summed E-state index contributed by atoms with van der Waals surface area (Å²) >= 11 is 1.62. The first kappa shape index (κ1) is 18.3. The second kappa shape index (κ2) is 6.53. The highest BCUT2D eigenvalue weighted by molar-refractivity contribution is 7.21. The average molecular weight is 420 g/mol. The molecule has 0 aliphatic heterocycles. The lowest BCUT2D eigenvalue weighted by molar-refractivity contribution is 0.475. The second-order valence-electron chi connectivity index (χ2n) is 8.65. The Morgan fingerprint density at radius 2 is 1.45 bits per heavy atom. The van der Waals surface area contributed by atoms with Gasteiger partial charge in [-0.1, -0.05) is 68.4 Å². The van der Waals surface area contributed by atoms with Crippen LogP contribution >= 0.6 is 11.3 Å². The Bertz CT molecular complexity index is 1430. The van der Waals surface area contributed by atoms with Crippen LogP contribution in [0.4, 0.5) is 0 Å². The Labute approximate surface area is 185 Å². The Kier molecular flexibility index (Phi) is 3.87. The maximum absolute atomic E-state index is 11.0. The average Bonchev–Trinajstić information content (AvgIpc) is 3.31. The maximum atomic E-state index is 11.0. The van der Waals surface area contributed by atoms with Crippen LogP contribution in [-0.2, 0) is 5.41 Å². The summed E-state index contributed by atoms with van der Waals surface area (Å²) in [5.74, 6) is 0.293. The number of phenolic OH excluding ortho intramolecular Hbond substituents is 1. The molecule has 1 N–H and O–H groups in total. The maximum Gasteiger partial charge on any atom is 0.128 e. The Morgan fingerprint density at radius 3 is 2.26 bits per heavy atom. The highest BCUT2D eigenvalue weighted by Gasteiger charge is 2.37. The van der Waals surface area contributed by atoms with E-state index in [0.717, 1.165) is 26.4 Å². The highest BCUT2D eigenvalue weighted by Crippen LogP contribution is 2.52. The largest absolute Gasteiger partial charge is 0.507 e. The molecule has 2 nitrogen and oxygen atoms in total. The van der Waals surface area contributed by atoms with Gasteiger partial charge < -0.3 is 5.11 Å². The number of thiazole rings is 1. The zero-order valence-corrected chi connectivity index (χ0v) is 18.2. The molecule has 0 atom stereocenters. The number of hydrogen-bond acceptors (Lipinski definition) is 3. The van der Waals surface area contributed by atoms with Crippen molar-refractivity contribution in [3.63, 3.8) is 0 Å². The lowest BCUT2D eigenvalue weighted by Crippen LogP contribution is -2.15. The van der Waals surface area contributed by atoms with Crippen LogP contribution in [0.15, 0.2) is 84.9 Å². The van der Waals surface area contributed by atoms with Gasteiger partial charge in [0.1, 0.15) is 10.8 Å². The fourth-order valence-electron chi connectivity index (χ4n) is 4.74. The molecule has 3 heteroatoms. The van der Waals surface area contributed by atoms with Crippen molar-refractivity contribution in [3.8, 4) is 38.6 Å². The first-order valence-corrected chi connectivity index (χ1v) is 11.3. The highest BCUT2D eigenvalue weighted by atomic mass is 32.1. The number of para-hydroxylation sites is 1. The van der Waals surface area contributed by atoms with Gasteiger partial charge in [-0.05, 0) is 63.7 Å². The van der Waals surface area contributed by atoms with E-state index in [1.807, 2.05) is 30.3 Å². The van der Waals surface area contributed by atoms with E-state index in [1.54, 1.807) is 11.3 Å². The molecular weight excluding hydrogens is 398 g/mol. The molecule has 0 amide bonds. The van der Waals surface area contributed by atoms with Crippen LogP contribution in [0.1, 0.15) is 25.0 Å². The lowest BCUT2D eigenvalue weighted by atomic mass is 9.81. The molecule has 1 aliphatic carbocycles. The first-order chi connectivity index (χ1) is 15.0. The van der Waals surface area contributed by atoms with Gasteiger partial charge in [-0.3, -0.25) is 0 Å². The predicted molar refractivity (Wildman–Crippen MR) is 130 cm³/mol. The van der Waals surface area contributed by atoms with Gasteiger partial charge in [-0.25, -0.2) is 4.98 Å². The molecular formula is C28H21NOS. The number of fused-ring (bicyclic) bond motifs is 4. The van der Waals surface area contributed by atoms with Crippen molar-refractivity contribution in [2.24, 2.45) is 0 Å². The molecule has 5 aromatic rings. The van der Waals surface area contributed by atoms with Gasteiger partial charge in [-0.15, -0.1) is 11.3 Å². The number of benzene rings is 4. The molecule has 1 aromatic heterocycles. The van der Waals surface area contributed by atoms with Gasteiger partial charge >= 0.3 is 0 Å². The van der Waals surface area contributed by atoms with Crippen molar-refractivity contribution >= 4 is 21.6 Å². The van der Waals surface area contributed by atoms with E-state index in [2.05, 4.69) is 68.4 Å². The lowest BCUT2D eigenvalue weighted by Gasteiger charge is -2.22. The van der Waals surface area contributed by atoms with E-state index in [-0.39, 0.29) is 5.41 Å². The summed E-state index contributed by atoms with van der Waals surface area (Å²) in [6.07, 6.45) is 0. The van der Waals surface area contributed by atoms with Crippen LogP contribution in [0, 0.1) is 0 Å². The van der Waals surface area contributed by atoms with E-state index < -0.39 is 0 Å². The Balaban J connectivity index is 1.53. The molecule has 4 aromatic carbocycles. The molecule has 0 fully saturated rings. The minimum atomic E-state index is -0.181. The van der Waals surface area contributed by atoms with Crippen LogP contribution in [0.2, 0.25) is 0 Å². The monoisotopic (exact) mass is 419 g/mol. The third-order valence-corrected chi connectivity index (χ3v) is 7.49. The normalized spacial score (nSPS) is 13.9. The number of nitrogens with zero attached hydrogens (tertiary/aromatic N) is 1. The summed E-state index contributed by atoms with van der Waals surface area (Å²) in [7, 11) is 0. The van der Waals surface area contributed by atoms with Crippen molar-refractivity contribution in [1.29, 1.82) is 0 Å². The quantitative estimate of drug-likeness (QED) is 0.319. The molecule has 0 saturated carbocycles. The standard InChI is InChI=1S/C28H21NOS/c1-28(2)22-14-18(17-8-4-3-5-9-17)12-13-19(22)20-15-21(25(30)16-23(20)28)27-29-24-10-6-7-11-26(24)31-27/h3-16,30H,1-2H3. The van der Waals surface area contributed by atoms with E-state index >= 15 is 0 Å². The molecule has 0 bridgehead atoms. The number of hydrogen-bond donors (Lipinski definition) is 1. The topological polar surface area (TPSA) is 33.1 Å². The van der Waals surface area contributed by atoms with E-state index in [1.165, 1.54) is 27.8 Å². The zero-order chi connectivity index (χ0) is 21.2. The smallest absolute Gasteiger partial charge is 0.128 e. The van der Waals surface area contributed by atoms with Gasteiger partial charge in [0.2, 0.25) is 0 Å². The molecule has 0 saturated heterocycles. The number of phenols is 1. The van der Waals surface area contributed by atoms with E-state index in [9.17, 15) is 5.11 Å². The third kappa shape index (κ3) is 2.74. The fraction of sp³-hybridized carbons (Fsp3) is 0.107. The summed E-state index contributed by atoms with van der Waals surface area (Å²) in [6, 6.07) is 29.4. The Hall–Kier alpha value is -3.43. The number of aromatic nitrogens is 1. The van der Waals surface area contributed by atoms with Crippen LogP contribution in [0.5, 0.6) is 5.75 Å². The van der Waals surface area contributed by atoms with Crippen LogP contribution < -0.4 is 0 Å². The van der Waals surface area contributed by atoms with Crippen LogP contribution in [-0.4, -0.2) is 10.1 Å². The van der Waals surface area contributed by atoms with Crippen molar-refractivity contribution in [3.05, 3.63) is 96.1 Å². The van der Waals surface area contributed by atoms with Gasteiger partial charge in [0.05, 0.1) is 15.8 Å². The molecule has 1 aliphatic rings. The summed E-state index contributed by atoms with van der Waals surface area (Å²) in [5, 5.41) is 11.8. The number of rotatable bonds is 2. The second-order valence-corrected chi connectivity index (χ2v) is 9.68. The van der Waals surface area contributed by atoms with E-state index in [0.29, 0.717) is 5.75 Å². The molecule has 31 heavy (non-hydrogen) atoms. The van der Waals surface area contributed by atoms with E-state index in [4.69, 9.17) is 4.98 Å². The first-order valence-electron chi connectivity index (χ1n) is 10.5. The minimum Gasteiger partial charge on any atom is -0.507 e. The fourth-order valence-corrected chi connectivity index (χ4v) is 5.73. The van der Waals surface area contributed by atoms with Crippen LogP contribution in [0.3, 0.4) is 0 Å². The molecule has 6 rings (SSSR count). The third-order valence-electron chi connectivity index (χ3n) is 6.42. The minimum absolute atomic E-state index is 0.181. The molecule has 1 heterocycles. The van der Waals surface area contributed by atoms with Crippen molar-refractivity contribution in [1.82, 2.24) is 4.98 Å². The van der Waals surface area contributed by atoms with Crippen LogP contribution in [0.25, 0.3) is 43.0 Å². The summed E-state index contributed by atoms with van der Waals surface area (Å²) in [5.41, 5.74) is 8.91. The summed E-state index contributed by atoms with van der Waals surface area (Å²) in [4.78, 5) is 4.77. The number of aromatic hydroxyl groups is 1. The van der Waals surface area contributed by atoms with Crippen molar-refractivity contribution in [2.75, 3.05) is 0 Å². The zero-order valence-electron chi connectivity index (χ0n) is 17.4. The Morgan fingerprint density at radius 1 is 0.710 bits per heavy atom. The molecule has 0 radical (unpaired) electrons. The predicted octanol–water partition coefficient (Wildman–Crippen LogP) is 7.64. The molecule has 0 unspecified atom stereocenters. The van der Waals surface area contributed by atoms with Gasteiger partial charge in [-0.2, -0.15) is 0 Å². The SMILES string of the molecule is CC1(C)c2cc(-c3ccccc3)ccc2-c2cc(-c3nc4ccccc4s3)c(O)cc21. The van der Waals surface area contributed by atoms with Gasteiger partial charge in [0.25, 0.3) is 0 Å². The molecule has 0 spiro atoms. The molecule has 150 valence electrons. The van der Waals surface area contributed by atoms with Crippen molar-refractivity contribution in [2.45, 2.75) is 19.3 Å². The van der Waals surface area contributed by atoms with Crippen molar-refractivity contribution < 1.29 is 5.11 Å². The summed E-state index contributed by atoms with van der Waals surface area (Å²) in [6.45, 7) is 4.48. The summed E-state index contributed by atoms with van der Waals surface area (Å²) < 4.78 is 1.13. The van der Waals surface area contributed by atoms with Gasteiger partial charge in [0, 0.05) is 5.41 Å².